The summed E-state index contributed by atoms with van der Waals surface area (Å²) in [6, 6.07) is 6.68. The molecule has 0 saturated carbocycles. The molecule has 2 aromatic heterocycles. The van der Waals surface area contributed by atoms with Gasteiger partial charge in [-0.15, -0.1) is 0 Å². The van der Waals surface area contributed by atoms with Crippen molar-refractivity contribution in [2.75, 3.05) is 6.61 Å². The summed E-state index contributed by atoms with van der Waals surface area (Å²) in [4.78, 5) is 36.2. The summed E-state index contributed by atoms with van der Waals surface area (Å²) in [5.41, 5.74) is -0.940. The summed E-state index contributed by atoms with van der Waals surface area (Å²) >= 11 is 0. The van der Waals surface area contributed by atoms with Gasteiger partial charge in [-0.05, 0) is 93.0 Å². The number of aliphatic hydroxyl groups excluding tert-OH is 1. The normalized spacial score (nSPS) is 34.5. The van der Waals surface area contributed by atoms with Gasteiger partial charge in [-0.2, -0.15) is 0 Å². The number of pyridine rings is 1. The first-order valence-corrected chi connectivity index (χ1v) is 19.6. The van der Waals surface area contributed by atoms with Gasteiger partial charge in [-0.1, -0.05) is 56.9 Å². The van der Waals surface area contributed by atoms with Gasteiger partial charge in [0.2, 0.25) is 0 Å². The summed E-state index contributed by atoms with van der Waals surface area (Å²) in [6.07, 6.45) is 2.41. The maximum atomic E-state index is 14.9. The third kappa shape index (κ3) is 7.02. The Kier molecular flexibility index (Phi) is 11.1. The number of benzene rings is 1. The van der Waals surface area contributed by atoms with E-state index in [4.69, 9.17) is 18.9 Å². The fourth-order valence-electron chi connectivity index (χ4n) is 8.57. The van der Waals surface area contributed by atoms with Gasteiger partial charge in [-0.25, -0.2) is 0 Å². The van der Waals surface area contributed by atoms with Crippen molar-refractivity contribution < 1.29 is 43.9 Å². The standard InChI is InChI=1S/C45H50N2O9/c1-7-13-28-24-53-36(21-25(28)3)56-40-42(51)44(6,41(50)39-38-30(18-20-46-39)31-22-29(48)16-17-33(31)47-38)27(5)54-43(40)55-35-15-11-9-10-12-19-45(52)23-34(49)26(4)37(35)32(45)14-8-2/h9-10,14,16-18,20,22,25,27-28,35-36,40,42-43,47-48,51-52H,7-8,13,21,23-24H2,1-6H3/b10-9-,32-14+/t25?,27?,28?,35-,36?,40?,42?,43?,44?,45-/m0/s1. The average molecular weight is 763 g/mol. The highest BCUT2D eigenvalue weighted by Gasteiger charge is 2.59. The number of phenols is 1. The minimum absolute atomic E-state index is 0.0840. The number of hydrogen-bond acceptors (Lipinski definition) is 10. The van der Waals surface area contributed by atoms with Crippen LogP contribution in [0.2, 0.25) is 0 Å². The summed E-state index contributed by atoms with van der Waals surface area (Å²) in [5.74, 6) is 11.7. The van der Waals surface area contributed by atoms with Crippen LogP contribution >= 0.6 is 0 Å². The largest absolute Gasteiger partial charge is 0.508 e. The van der Waals surface area contributed by atoms with Crippen LogP contribution in [0, 0.1) is 40.9 Å². The Morgan fingerprint density at radius 3 is 2.68 bits per heavy atom. The van der Waals surface area contributed by atoms with Crippen molar-refractivity contribution in [2.45, 2.75) is 116 Å². The van der Waals surface area contributed by atoms with Crippen LogP contribution in [0.3, 0.4) is 0 Å². The molecule has 2 aliphatic heterocycles. The highest BCUT2D eigenvalue weighted by Crippen LogP contribution is 2.45. The minimum atomic E-state index is -1.77. The number of nitrogens with one attached hydrogen (secondary N) is 1. The number of carbonyl (C=O) groups is 2. The molecule has 2 fully saturated rings. The monoisotopic (exact) mass is 762 g/mol. The number of carbonyl (C=O) groups excluding carboxylic acids is 2. The maximum Gasteiger partial charge on any atom is 0.194 e. The maximum absolute atomic E-state index is 14.9. The Bertz CT molecular complexity index is 2270. The van der Waals surface area contributed by atoms with Crippen molar-refractivity contribution in [3.63, 3.8) is 0 Å². The molecule has 56 heavy (non-hydrogen) atoms. The van der Waals surface area contributed by atoms with Crippen molar-refractivity contribution in [1.29, 1.82) is 0 Å². The molecule has 11 nitrogen and oxygen atoms in total. The molecule has 4 aliphatic rings. The number of allylic oxidation sites excluding steroid dienone is 4. The van der Waals surface area contributed by atoms with Gasteiger partial charge in [0.1, 0.15) is 29.8 Å². The quantitative estimate of drug-likeness (QED) is 0.146. The van der Waals surface area contributed by atoms with Crippen molar-refractivity contribution >= 4 is 33.4 Å². The number of hydrogen-bond donors (Lipinski definition) is 4. The van der Waals surface area contributed by atoms with Crippen LogP contribution < -0.4 is 0 Å². The summed E-state index contributed by atoms with van der Waals surface area (Å²) in [6.45, 7) is 11.7. The topological polar surface area (TPSA) is 160 Å². The molecule has 11 heteroatoms. The van der Waals surface area contributed by atoms with Gasteiger partial charge >= 0.3 is 0 Å². The van der Waals surface area contributed by atoms with Gasteiger partial charge in [0.05, 0.1) is 30.1 Å². The fraction of sp³-hybridized carbons (Fsp3) is 0.489. The molecule has 0 amide bonds. The van der Waals surface area contributed by atoms with E-state index in [1.807, 2.05) is 13.0 Å². The van der Waals surface area contributed by atoms with E-state index in [9.17, 15) is 24.9 Å². The Hall–Kier alpha value is -4.59. The Labute approximate surface area is 327 Å². The van der Waals surface area contributed by atoms with E-state index in [1.165, 1.54) is 12.3 Å². The molecule has 0 spiro atoms. The lowest BCUT2D eigenvalue weighted by Crippen LogP contribution is -2.65. The second-order valence-corrected chi connectivity index (χ2v) is 15.7. The highest BCUT2D eigenvalue weighted by molar-refractivity contribution is 6.16. The molecule has 294 valence electrons. The molecular weight excluding hydrogens is 712 g/mol. The summed E-state index contributed by atoms with van der Waals surface area (Å²) < 4.78 is 26.3. The van der Waals surface area contributed by atoms with Crippen molar-refractivity contribution in [3.05, 3.63) is 71.1 Å². The SMILES string of the molecule is CC/C=C1\C2=C(C)C(=O)C[C@@]1(O)C#C/C=C\C#C[C@@H]2OC1OC(C)C(C)(C(=O)c2nccc3c2[nH]c2ccc(O)cc23)C(O)C1OC1CC(C)C(CCC)CO1. The minimum Gasteiger partial charge on any atom is -0.508 e. The molecular formula is C45H50N2O9. The molecule has 10 atom stereocenters. The number of fused-ring (bicyclic) bond motifs is 5. The van der Waals surface area contributed by atoms with Gasteiger partial charge in [0, 0.05) is 34.5 Å². The van der Waals surface area contributed by atoms with Crippen LogP contribution in [0.5, 0.6) is 5.75 Å². The average Bonchev–Trinajstić information content (AvgIpc) is 3.54. The number of aromatic hydroxyl groups is 1. The molecule has 1 aromatic carbocycles. The Morgan fingerprint density at radius 1 is 1.14 bits per heavy atom. The summed E-state index contributed by atoms with van der Waals surface area (Å²) in [5, 5.41) is 36.0. The first kappa shape index (κ1) is 39.6. The number of aromatic amines is 1. The van der Waals surface area contributed by atoms with Crippen LogP contribution in [0.15, 0.2) is 65.4 Å². The van der Waals surface area contributed by atoms with E-state index in [0.717, 1.165) is 18.2 Å². The van der Waals surface area contributed by atoms with Crippen molar-refractivity contribution in [2.24, 2.45) is 17.3 Å². The smallest absolute Gasteiger partial charge is 0.194 e. The van der Waals surface area contributed by atoms with E-state index < -0.39 is 53.8 Å². The van der Waals surface area contributed by atoms with Gasteiger partial charge < -0.3 is 39.3 Å². The van der Waals surface area contributed by atoms with Crippen LogP contribution in [-0.4, -0.2) is 86.1 Å². The van der Waals surface area contributed by atoms with E-state index in [0.29, 0.717) is 58.5 Å². The third-order valence-corrected chi connectivity index (χ3v) is 12.1. The molecule has 8 unspecified atom stereocenters. The molecule has 4 heterocycles. The first-order valence-electron chi connectivity index (χ1n) is 19.6. The predicted molar refractivity (Wildman–Crippen MR) is 210 cm³/mol. The number of ketones is 2. The molecule has 4 N–H and O–H groups in total. The lowest BCUT2D eigenvalue weighted by atomic mass is 9.70. The number of phenolic OH excluding ortho intramolecular Hbond substituents is 1. The number of H-pyrrole nitrogens is 1. The predicted octanol–water partition coefficient (Wildman–Crippen LogP) is 6.22. The fourth-order valence-corrected chi connectivity index (χ4v) is 8.57. The number of nitrogens with zero attached hydrogens (tertiary/aromatic N) is 1. The highest BCUT2D eigenvalue weighted by atomic mass is 16.7. The Balaban J connectivity index is 1.29. The molecule has 0 radical (unpaired) electrons. The Morgan fingerprint density at radius 2 is 1.93 bits per heavy atom. The van der Waals surface area contributed by atoms with Crippen LogP contribution in [0.4, 0.5) is 0 Å². The number of Topliss-reactive ketones (excluding diaryl/α,β-unsaturated/α-hetero) is 2. The number of aliphatic hydroxyl groups is 2. The lowest BCUT2D eigenvalue weighted by Gasteiger charge is -2.50. The van der Waals surface area contributed by atoms with Crippen molar-refractivity contribution in [1.82, 2.24) is 9.97 Å². The zero-order chi connectivity index (χ0) is 39.9. The second kappa shape index (κ2) is 15.7. The van der Waals surface area contributed by atoms with E-state index >= 15 is 0 Å². The number of aromatic nitrogens is 2. The molecule has 7 rings (SSSR count). The van der Waals surface area contributed by atoms with E-state index in [-0.39, 0.29) is 29.6 Å². The van der Waals surface area contributed by atoms with Gasteiger partial charge in [0.25, 0.3) is 0 Å². The number of ether oxygens (including phenoxy) is 4. The van der Waals surface area contributed by atoms with Crippen LogP contribution in [-0.2, 0) is 23.7 Å². The zero-order valence-electron chi connectivity index (χ0n) is 32.7. The first-order chi connectivity index (χ1) is 26.8. The van der Waals surface area contributed by atoms with Crippen LogP contribution in [0.1, 0.15) is 84.1 Å². The summed E-state index contributed by atoms with van der Waals surface area (Å²) in [7, 11) is 0. The lowest BCUT2D eigenvalue weighted by molar-refractivity contribution is -0.339. The third-order valence-electron chi connectivity index (χ3n) is 12.1. The second-order valence-electron chi connectivity index (χ2n) is 15.7. The zero-order valence-corrected chi connectivity index (χ0v) is 32.7. The molecule has 2 saturated heterocycles. The van der Waals surface area contributed by atoms with E-state index in [1.54, 1.807) is 51.1 Å². The number of rotatable bonds is 9. The molecule has 2 aliphatic carbocycles. The van der Waals surface area contributed by atoms with Crippen molar-refractivity contribution in [3.8, 4) is 29.4 Å². The van der Waals surface area contributed by atoms with Gasteiger partial charge in [-0.3, -0.25) is 14.6 Å². The molecule has 2 bridgehead atoms. The van der Waals surface area contributed by atoms with Gasteiger partial charge in [0.15, 0.2) is 29.7 Å². The van der Waals surface area contributed by atoms with E-state index in [2.05, 4.69) is 47.5 Å². The van der Waals surface area contributed by atoms with Crippen LogP contribution in [0.25, 0.3) is 21.8 Å². The molecule has 3 aromatic rings.